The van der Waals surface area contributed by atoms with Crippen LogP contribution in [0.1, 0.15) is 28.4 Å². The van der Waals surface area contributed by atoms with E-state index in [1.165, 1.54) is 18.1 Å². The fourth-order valence-corrected chi connectivity index (χ4v) is 2.35. The second-order valence-electron chi connectivity index (χ2n) is 5.23. The highest BCUT2D eigenvalue weighted by Gasteiger charge is 2.10. The van der Waals surface area contributed by atoms with Crippen LogP contribution in [-0.4, -0.2) is 12.8 Å². The summed E-state index contributed by atoms with van der Waals surface area (Å²) in [5.41, 5.74) is 11.4. The number of aryl methyl sites for hydroxylation is 2. The summed E-state index contributed by atoms with van der Waals surface area (Å²) in [5, 5.41) is 0. The van der Waals surface area contributed by atoms with Crippen LogP contribution in [0.2, 0.25) is 0 Å². The molecule has 0 atom stereocenters. The summed E-state index contributed by atoms with van der Waals surface area (Å²) in [6.45, 7) is 5.69. The summed E-state index contributed by atoms with van der Waals surface area (Å²) in [6, 6.07) is 11.9. The van der Waals surface area contributed by atoms with Crippen LogP contribution >= 0.6 is 0 Å². The number of Topliss-reactive ketones (excluding diaryl/α,β-unsaturated/α-hetero) is 1. The molecule has 20 heavy (non-hydrogen) atoms. The number of hydrogen-bond donors (Lipinski definition) is 1. The van der Waals surface area contributed by atoms with Gasteiger partial charge in [-0.1, -0.05) is 6.07 Å². The summed E-state index contributed by atoms with van der Waals surface area (Å²) in [7, 11) is 1.99. The fraction of sp³-hybridized carbons (Fsp3) is 0.235. The normalized spacial score (nSPS) is 10.4. The minimum absolute atomic E-state index is 0.0156. The topological polar surface area (TPSA) is 46.3 Å². The standard InChI is InChI=1S/C17H20N2O/c1-11-7-12(2)9-15(8-11)19(4)14-5-6-17(18)16(10-14)13(3)20/h5-10H,18H2,1-4H3. The maximum absolute atomic E-state index is 11.6. The highest BCUT2D eigenvalue weighted by Crippen LogP contribution is 2.28. The van der Waals surface area contributed by atoms with Crippen LogP contribution in [0.15, 0.2) is 36.4 Å². The molecule has 0 bridgehead atoms. The molecule has 0 spiro atoms. The number of anilines is 3. The summed E-state index contributed by atoms with van der Waals surface area (Å²) in [4.78, 5) is 13.6. The summed E-state index contributed by atoms with van der Waals surface area (Å²) in [5.74, 6) is -0.0156. The van der Waals surface area contributed by atoms with Crippen LogP contribution in [0, 0.1) is 13.8 Å². The molecule has 104 valence electrons. The molecule has 2 aromatic carbocycles. The number of rotatable bonds is 3. The minimum atomic E-state index is -0.0156. The molecule has 0 aliphatic rings. The van der Waals surface area contributed by atoms with Crippen molar-refractivity contribution in [3.8, 4) is 0 Å². The third-order valence-corrected chi connectivity index (χ3v) is 3.40. The lowest BCUT2D eigenvalue weighted by Gasteiger charge is -2.21. The van der Waals surface area contributed by atoms with Crippen molar-refractivity contribution in [1.29, 1.82) is 0 Å². The molecule has 0 aromatic heterocycles. The Morgan fingerprint density at radius 3 is 2.15 bits per heavy atom. The molecule has 0 aliphatic heterocycles. The predicted molar refractivity (Wildman–Crippen MR) is 84.8 cm³/mol. The quantitative estimate of drug-likeness (QED) is 0.679. The van der Waals surface area contributed by atoms with E-state index in [1.807, 2.05) is 19.2 Å². The first-order valence-corrected chi connectivity index (χ1v) is 6.61. The third kappa shape index (κ3) is 2.82. The molecule has 0 saturated carbocycles. The van der Waals surface area contributed by atoms with E-state index in [9.17, 15) is 4.79 Å². The Labute approximate surface area is 120 Å². The lowest BCUT2D eigenvalue weighted by atomic mass is 10.1. The molecule has 0 heterocycles. The van der Waals surface area contributed by atoms with Gasteiger partial charge in [0.2, 0.25) is 0 Å². The van der Waals surface area contributed by atoms with Gasteiger partial charge < -0.3 is 10.6 Å². The smallest absolute Gasteiger partial charge is 0.161 e. The monoisotopic (exact) mass is 268 g/mol. The lowest BCUT2D eigenvalue weighted by molar-refractivity contribution is 0.101. The van der Waals surface area contributed by atoms with Gasteiger partial charge in [-0.15, -0.1) is 0 Å². The SMILES string of the molecule is CC(=O)c1cc(N(C)c2cc(C)cc(C)c2)ccc1N. The van der Waals surface area contributed by atoms with Gasteiger partial charge in [-0.05, 0) is 62.2 Å². The van der Waals surface area contributed by atoms with Crippen LogP contribution in [0.3, 0.4) is 0 Å². The number of ketones is 1. The molecular formula is C17H20N2O. The molecule has 0 amide bonds. The van der Waals surface area contributed by atoms with E-state index < -0.39 is 0 Å². The van der Waals surface area contributed by atoms with Gasteiger partial charge in [0.05, 0.1) is 0 Å². The maximum Gasteiger partial charge on any atom is 0.161 e. The first-order valence-electron chi connectivity index (χ1n) is 6.61. The molecule has 2 aromatic rings. The molecule has 0 fully saturated rings. The fourth-order valence-electron chi connectivity index (χ4n) is 2.35. The summed E-state index contributed by atoms with van der Waals surface area (Å²) in [6.07, 6.45) is 0. The third-order valence-electron chi connectivity index (χ3n) is 3.40. The van der Waals surface area contributed by atoms with Gasteiger partial charge in [-0.25, -0.2) is 0 Å². The summed E-state index contributed by atoms with van der Waals surface area (Å²) < 4.78 is 0. The van der Waals surface area contributed by atoms with Crippen molar-refractivity contribution >= 4 is 22.8 Å². The van der Waals surface area contributed by atoms with E-state index in [0.29, 0.717) is 11.3 Å². The first kappa shape index (κ1) is 14.1. The molecule has 0 unspecified atom stereocenters. The molecule has 3 heteroatoms. The van der Waals surface area contributed by atoms with E-state index in [-0.39, 0.29) is 5.78 Å². The number of benzene rings is 2. The zero-order chi connectivity index (χ0) is 14.9. The van der Waals surface area contributed by atoms with Crippen LogP contribution in [-0.2, 0) is 0 Å². The second kappa shape index (κ2) is 5.37. The minimum Gasteiger partial charge on any atom is -0.398 e. The van der Waals surface area contributed by atoms with Crippen molar-refractivity contribution in [3.05, 3.63) is 53.1 Å². The Morgan fingerprint density at radius 2 is 1.60 bits per heavy atom. The van der Waals surface area contributed by atoms with Gasteiger partial charge in [-0.2, -0.15) is 0 Å². The van der Waals surface area contributed by atoms with Crippen molar-refractivity contribution in [2.24, 2.45) is 0 Å². The number of hydrogen-bond acceptors (Lipinski definition) is 3. The summed E-state index contributed by atoms with van der Waals surface area (Å²) >= 11 is 0. The zero-order valence-corrected chi connectivity index (χ0v) is 12.4. The Balaban J connectivity index is 2.45. The number of carbonyl (C=O) groups is 1. The number of carbonyl (C=O) groups excluding carboxylic acids is 1. The number of nitrogens with zero attached hydrogens (tertiary/aromatic N) is 1. The predicted octanol–water partition coefficient (Wildman–Crippen LogP) is 3.86. The molecule has 2 rings (SSSR count). The number of nitrogens with two attached hydrogens (primary N) is 1. The average molecular weight is 268 g/mol. The molecule has 0 radical (unpaired) electrons. The van der Waals surface area contributed by atoms with Gasteiger partial charge >= 0.3 is 0 Å². The number of nitrogen functional groups attached to an aromatic ring is 1. The van der Waals surface area contributed by atoms with Gasteiger partial charge in [-0.3, -0.25) is 4.79 Å². The lowest BCUT2D eigenvalue weighted by Crippen LogP contribution is -2.11. The molecule has 0 saturated heterocycles. The largest absolute Gasteiger partial charge is 0.398 e. The van der Waals surface area contributed by atoms with E-state index in [4.69, 9.17) is 5.73 Å². The highest BCUT2D eigenvalue weighted by atomic mass is 16.1. The Hall–Kier alpha value is -2.29. The van der Waals surface area contributed by atoms with Crippen molar-refractivity contribution in [3.63, 3.8) is 0 Å². The second-order valence-corrected chi connectivity index (χ2v) is 5.23. The van der Waals surface area contributed by atoms with Gasteiger partial charge in [0, 0.05) is 29.7 Å². The van der Waals surface area contributed by atoms with Gasteiger partial charge in [0.1, 0.15) is 0 Å². The van der Waals surface area contributed by atoms with Gasteiger partial charge in [0.15, 0.2) is 5.78 Å². The molecular weight excluding hydrogens is 248 g/mol. The Morgan fingerprint density at radius 1 is 1.00 bits per heavy atom. The maximum atomic E-state index is 11.6. The first-order chi connectivity index (χ1) is 9.38. The van der Waals surface area contributed by atoms with Crippen molar-refractivity contribution in [1.82, 2.24) is 0 Å². The van der Waals surface area contributed by atoms with Crippen LogP contribution in [0.5, 0.6) is 0 Å². The van der Waals surface area contributed by atoms with Crippen molar-refractivity contribution in [2.45, 2.75) is 20.8 Å². The van der Waals surface area contributed by atoms with E-state index >= 15 is 0 Å². The Kier molecular flexibility index (Phi) is 3.79. The Bertz CT molecular complexity index is 642. The van der Waals surface area contributed by atoms with Crippen LogP contribution < -0.4 is 10.6 Å². The van der Waals surface area contributed by atoms with Crippen LogP contribution in [0.25, 0.3) is 0 Å². The molecule has 0 aliphatic carbocycles. The highest BCUT2D eigenvalue weighted by molar-refractivity contribution is 6.00. The van der Waals surface area contributed by atoms with E-state index in [0.717, 1.165) is 11.4 Å². The molecule has 3 nitrogen and oxygen atoms in total. The van der Waals surface area contributed by atoms with E-state index in [1.54, 1.807) is 6.07 Å². The van der Waals surface area contributed by atoms with Crippen LogP contribution in [0.4, 0.5) is 17.1 Å². The average Bonchev–Trinajstić information content (AvgIpc) is 2.37. The van der Waals surface area contributed by atoms with Crippen molar-refractivity contribution < 1.29 is 4.79 Å². The zero-order valence-electron chi connectivity index (χ0n) is 12.4. The van der Waals surface area contributed by atoms with Gasteiger partial charge in [0.25, 0.3) is 0 Å². The van der Waals surface area contributed by atoms with Crippen molar-refractivity contribution in [2.75, 3.05) is 17.7 Å². The van der Waals surface area contributed by atoms with E-state index in [2.05, 4.69) is 36.9 Å². The molecule has 2 N–H and O–H groups in total.